The standard InChI is InChI=1S/C23H31ClN2O4/c24-19-10-16(22-15(21(19)25)2-1-7-30-22)20(27)4-3-14-17-11-26(12-18(14)17)13-23(28)5-8-29-9-6-23/h10,14,17-18,28H,1-9,11-13,25H2. The Bertz CT molecular complexity index is 827. The summed E-state index contributed by atoms with van der Waals surface area (Å²) in [5, 5.41) is 11.2. The summed E-state index contributed by atoms with van der Waals surface area (Å²) >= 11 is 6.29. The fraction of sp³-hybridized carbons (Fsp3) is 0.696. The van der Waals surface area contributed by atoms with Crippen molar-refractivity contribution in [1.29, 1.82) is 0 Å². The largest absolute Gasteiger partial charge is 0.492 e. The molecule has 7 heteroatoms. The first kappa shape index (κ1) is 20.6. The molecule has 2 atom stereocenters. The minimum atomic E-state index is -0.589. The van der Waals surface area contributed by atoms with E-state index in [4.69, 9.17) is 26.8 Å². The van der Waals surface area contributed by atoms with Crippen molar-refractivity contribution in [3.63, 3.8) is 0 Å². The number of carbonyl (C=O) groups is 1. The maximum Gasteiger partial charge on any atom is 0.166 e. The van der Waals surface area contributed by atoms with Crippen LogP contribution < -0.4 is 10.5 Å². The monoisotopic (exact) mass is 434 g/mol. The first-order valence-corrected chi connectivity index (χ1v) is 11.6. The predicted molar refractivity (Wildman–Crippen MR) is 115 cm³/mol. The van der Waals surface area contributed by atoms with E-state index in [-0.39, 0.29) is 5.78 Å². The fourth-order valence-electron chi connectivity index (χ4n) is 5.79. The zero-order valence-electron chi connectivity index (χ0n) is 17.4. The maximum atomic E-state index is 13.0. The summed E-state index contributed by atoms with van der Waals surface area (Å²) < 4.78 is 11.2. The van der Waals surface area contributed by atoms with Crippen LogP contribution in [0.15, 0.2) is 6.07 Å². The molecule has 2 unspecified atom stereocenters. The number of aliphatic hydroxyl groups is 1. The van der Waals surface area contributed by atoms with Crippen molar-refractivity contribution in [2.75, 3.05) is 45.2 Å². The molecule has 0 spiro atoms. The summed E-state index contributed by atoms with van der Waals surface area (Å²) in [4.78, 5) is 15.4. The van der Waals surface area contributed by atoms with Crippen molar-refractivity contribution in [2.45, 2.75) is 44.1 Å². The first-order valence-electron chi connectivity index (χ1n) is 11.2. The van der Waals surface area contributed by atoms with Gasteiger partial charge < -0.3 is 20.3 Å². The van der Waals surface area contributed by atoms with Gasteiger partial charge in [0.2, 0.25) is 0 Å². The molecular weight excluding hydrogens is 404 g/mol. The summed E-state index contributed by atoms with van der Waals surface area (Å²) in [7, 11) is 0. The second-order valence-electron chi connectivity index (χ2n) is 9.56. The fourth-order valence-corrected chi connectivity index (χ4v) is 6.02. The molecule has 3 heterocycles. The zero-order chi connectivity index (χ0) is 20.9. The number of β-amino-alcohol motifs (C(OH)–C–C–N with tert-alkyl or cyclic N) is 1. The van der Waals surface area contributed by atoms with Gasteiger partial charge >= 0.3 is 0 Å². The van der Waals surface area contributed by atoms with Crippen LogP contribution in [-0.2, 0) is 11.2 Å². The van der Waals surface area contributed by atoms with Crippen LogP contribution in [0.1, 0.15) is 48.0 Å². The van der Waals surface area contributed by atoms with E-state index in [9.17, 15) is 9.90 Å². The van der Waals surface area contributed by atoms with Crippen molar-refractivity contribution in [1.82, 2.24) is 4.90 Å². The molecule has 1 saturated carbocycles. The molecular formula is C23H31ClN2O4. The number of Topliss-reactive ketones (excluding diaryl/α,β-unsaturated/α-hetero) is 1. The number of carbonyl (C=O) groups excluding carboxylic acids is 1. The Balaban J connectivity index is 1.15. The normalized spacial score (nSPS) is 29.7. The molecule has 1 aliphatic carbocycles. The van der Waals surface area contributed by atoms with Gasteiger partial charge in [-0.05, 0) is 43.1 Å². The lowest BCUT2D eigenvalue weighted by atomic mass is 9.93. The number of nitrogens with zero attached hydrogens (tertiary/aromatic N) is 1. The highest BCUT2D eigenvalue weighted by Crippen LogP contribution is 2.54. The van der Waals surface area contributed by atoms with E-state index in [1.807, 2.05) is 0 Å². The molecule has 0 aromatic heterocycles. The number of anilines is 1. The molecule has 1 aromatic rings. The number of rotatable bonds is 6. The molecule has 0 bridgehead atoms. The third kappa shape index (κ3) is 3.83. The van der Waals surface area contributed by atoms with Gasteiger partial charge in [0.15, 0.2) is 5.78 Å². The van der Waals surface area contributed by atoms with Crippen molar-refractivity contribution in [3.05, 3.63) is 22.2 Å². The van der Waals surface area contributed by atoms with E-state index < -0.39 is 5.60 Å². The average Bonchev–Trinajstić information content (AvgIpc) is 3.20. The van der Waals surface area contributed by atoms with E-state index in [2.05, 4.69) is 4.90 Å². The summed E-state index contributed by atoms with van der Waals surface area (Å²) in [5.74, 6) is 2.71. The van der Waals surface area contributed by atoms with E-state index in [1.165, 1.54) is 0 Å². The van der Waals surface area contributed by atoms with Gasteiger partial charge in [-0.15, -0.1) is 0 Å². The predicted octanol–water partition coefficient (Wildman–Crippen LogP) is 2.93. The van der Waals surface area contributed by atoms with Crippen LogP contribution in [-0.4, -0.2) is 60.8 Å². The van der Waals surface area contributed by atoms with Gasteiger partial charge in [-0.3, -0.25) is 9.69 Å². The Hall–Kier alpha value is -1.34. The SMILES string of the molecule is Nc1c(Cl)cc(C(=O)CCC2C3CN(CC4(O)CCOCC4)CC23)c2c1CCCO2. The van der Waals surface area contributed by atoms with E-state index >= 15 is 0 Å². The molecule has 6 nitrogen and oxygen atoms in total. The second-order valence-corrected chi connectivity index (χ2v) is 9.97. The number of fused-ring (bicyclic) bond motifs is 2. The maximum absolute atomic E-state index is 13.0. The Morgan fingerprint density at radius 1 is 1.27 bits per heavy atom. The number of hydrogen-bond donors (Lipinski definition) is 2. The minimum absolute atomic E-state index is 0.105. The number of benzene rings is 1. The molecule has 5 rings (SSSR count). The lowest BCUT2D eigenvalue weighted by molar-refractivity contribution is -0.0788. The van der Waals surface area contributed by atoms with Crippen molar-refractivity contribution >= 4 is 23.1 Å². The summed E-state index contributed by atoms with van der Waals surface area (Å²) in [6, 6.07) is 1.69. The van der Waals surface area contributed by atoms with Gasteiger partial charge in [0.1, 0.15) is 5.75 Å². The second kappa shape index (κ2) is 7.97. The number of nitrogens with two attached hydrogens (primary N) is 1. The number of nitrogen functional groups attached to an aromatic ring is 1. The van der Waals surface area contributed by atoms with Gasteiger partial charge in [-0.25, -0.2) is 0 Å². The van der Waals surface area contributed by atoms with Gasteiger partial charge in [0.05, 0.1) is 28.5 Å². The van der Waals surface area contributed by atoms with Crippen molar-refractivity contribution in [3.8, 4) is 5.75 Å². The molecule has 2 saturated heterocycles. The van der Waals surface area contributed by atoms with Crippen LogP contribution in [0.5, 0.6) is 5.75 Å². The third-order valence-electron chi connectivity index (χ3n) is 7.58. The first-order chi connectivity index (χ1) is 14.5. The third-order valence-corrected chi connectivity index (χ3v) is 7.90. The number of ether oxygens (including phenoxy) is 2. The molecule has 4 aliphatic rings. The molecule has 3 fully saturated rings. The molecule has 1 aromatic carbocycles. The van der Waals surface area contributed by atoms with Gasteiger partial charge in [-0.2, -0.15) is 0 Å². The minimum Gasteiger partial charge on any atom is -0.492 e. The summed E-state index contributed by atoms with van der Waals surface area (Å²) in [5.41, 5.74) is 7.55. The quantitative estimate of drug-likeness (QED) is 0.529. The van der Waals surface area contributed by atoms with Crippen molar-refractivity contribution in [2.24, 2.45) is 17.8 Å². The van der Waals surface area contributed by atoms with Crippen molar-refractivity contribution < 1.29 is 19.4 Å². The molecule has 3 aliphatic heterocycles. The highest BCUT2D eigenvalue weighted by molar-refractivity contribution is 6.33. The van der Waals surface area contributed by atoms with E-state index in [1.54, 1.807) is 6.07 Å². The molecule has 30 heavy (non-hydrogen) atoms. The number of likely N-dealkylation sites (tertiary alicyclic amines) is 1. The summed E-state index contributed by atoms with van der Waals surface area (Å²) in [6.45, 7) is 4.77. The van der Waals surface area contributed by atoms with Crippen LogP contribution in [0.25, 0.3) is 0 Å². The van der Waals surface area contributed by atoms with Gasteiger partial charge in [0, 0.05) is 57.7 Å². The van der Waals surface area contributed by atoms with Crippen LogP contribution >= 0.6 is 11.6 Å². The topological polar surface area (TPSA) is 85.0 Å². The van der Waals surface area contributed by atoms with Gasteiger partial charge in [0.25, 0.3) is 0 Å². The molecule has 3 N–H and O–H groups in total. The Labute approximate surface area is 182 Å². The molecule has 0 radical (unpaired) electrons. The number of ketones is 1. The number of hydrogen-bond acceptors (Lipinski definition) is 6. The molecule has 164 valence electrons. The Morgan fingerprint density at radius 2 is 2.00 bits per heavy atom. The highest BCUT2D eigenvalue weighted by atomic mass is 35.5. The summed E-state index contributed by atoms with van der Waals surface area (Å²) in [6.07, 6.45) is 4.60. The molecule has 0 amide bonds. The average molecular weight is 435 g/mol. The van der Waals surface area contributed by atoms with Crippen LogP contribution in [0.4, 0.5) is 5.69 Å². The number of piperidine rings is 1. The Kier molecular flexibility index (Phi) is 5.46. The lowest BCUT2D eigenvalue weighted by Gasteiger charge is -2.36. The Morgan fingerprint density at radius 3 is 2.73 bits per heavy atom. The number of halogens is 1. The zero-order valence-corrected chi connectivity index (χ0v) is 18.1. The smallest absolute Gasteiger partial charge is 0.166 e. The highest BCUT2D eigenvalue weighted by Gasteiger charge is 2.55. The van der Waals surface area contributed by atoms with Gasteiger partial charge in [-0.1, -0.05) is 11.6 Å². The van der Waals surface area contributed by atoms with Crippen LogP contribution in [0.2, 0.25) is 5.02 Å². The van der Waals surface area contributed by atoms with Crippen LogP contribution in [0, 0.1) is 17.8 Å². The lowest BCUT2D eigenvalue weighted by Crippen LogP contribution is -2.46. The van der Waals surface area contributed by atoms with E-state index in [0.717, 1.165) is 57.3 Å². The van der Waals surface area contributed by atoms with Crippen LogP contribution in [0.3, 0.4) is 0 Å². The van der Waals surface area contributed by atoms with E-state index in [0.29, 0.717) is 66.0 Å².